The Kier molecular flexibility index (Phi) is 5.61. The first-order valence-electron chi connectivity index (χ1n) is 3.25. The summed E-state index contributed by atoms with van der Waals surface area (Å²) < 4.78 is 0. The van der Waals surface area contributed by atoms with Crippen LogP contribution < -0.4 is 0 Å². The molecule has 12 heavy (non-hydrogen) atoms. The van der Waals surface area contributed by atoms with E-state index in [4.69, 9.17) is 5.11 Å². The van der Waals surface area contributed by atoms with Crippen molar-refractivity contribution in [2.24, 2.45) is 0 Å². The molecule has 0 saturated carbocycles. The predicted octanol–water partition coefficient (Wildman–Crippen LogP) is 0.868. The zero-order valence-electron chi connectivity index (χ0n) is 6.60. The summed E-state index contributed by atoms with van der Waals surface area (Å²) in [5, 5.41) is 8.29. The molecule has 1 N–H and O–H groups in total. The first-order chi connectivity index (χ1) is 5.29. The zero-order valence-corrected chi connectivity index (χ0v) is 12.1. The van der Waals surface area contributed by atoms with Gasteiger partial charge in [-0.1, -0.05) is 30.3 Å². The first kappa shape index (κ1) is 11.4. The molecule has 0 aromatic heterocycles. The van der Waals surface area contributed by atoms with Crippen molar-refractivity contribution in [2.75, 3.05) is 0 Å². The number of rotatable bonds is 2. The van der Waals surface area contributed by atoms with Crippen LogP contribution in [-0.2, 0) is 4.79 Å². The van der Waals surface area contributed by atoms with E-state index in [0.29, 0.717) is 0 Å². The minimum absolute atomic E-state index is 0. The van der Waals surface area contributed by atoms with Crippen molar-refractivity contribution >= 4 is 39.3 Å². The normalized spacial score (nSPS) is 9.33. The summed E-state index contributed by atoms with van der Waals surface area (Å²) >= 11 is 0. The van der Waals surface area contributed by atoms with Gasteiger partial charge in [-0.25, -0.2) is 4.79 Å². The van der Waals surface area contributed by atoms with Gasteiger partial charge in [-0.2, -0.15) is 0 Å². The van der Waals surface area contributed by atoms with E-state index in [1.54, 1.807) is 6.08 Å². The van der Waals surface area contributed by atoms with Gasteiger partial charge in [0.1, 0.15) is 0 Å². The van der Waals surface area contributed by atoms with Gasteiger partial charge in [0.05, 0.1) is 0 Å². The topological polar surface area (TPSA) is 37.3 Å². The monoisotopic (exact) mass is 358 g/mol. The van der Waals surface area contributed by atoms with Crippen molar-refractivity contribution in [2.45, 2.75) is 0 Å². The standard InChI is InChI=1S/C9H8O2.Pb.2H/c10-9(11)7-6-8-4-2-1-3-5-8;;;/h1-7H,(H,10,11);;;/b7-6+;;;. The fourth-order valence-corrected chi connectivity index (χ4v) is 0.732. The van der Waals surface area contributed by atoms with Crippen LogP contribution in [0.1, 0.15) is 5.56 Å². The molecule has 2 radical (unpaired) electrons. The Morgan fingerprint density at radius 2 is 1.83 bits per heavy atom. The van der Waals surface area contributed by atoms with E-state index in [-0.39, 0.29) is 27.3 Å². The number of hydrogen-bond donors (Lipinski definition) is 1. The van der Waals surface area contributed by atoms with Crippen molar-refractivity contribution in [3.8, 4) is 0 Å². The second kappa shape index (κ2) is 5.93. The first-order valence-corrected chi connectivity index (χ1v) is 3.25. The summed E-state index contributed by atoms with van der Waals surface area (Å²) in [7, 11) is 0. The molecule has 0 fully saturated rings. The molecule has 62 valence electrons. The van der Waals surface area contributed by atoms with Crippen LogP contribution in [0.2, 0.25) is 0 Å². The van der Waals surface area contributed by atoms with Gasteiger partial charge in [0.25, 0.3) is 0 Å². The summed E-state index contributed by atoms with van der Waals surface area (Å²) in [6.07, 6.45) is 2.68. The van der Waals surface area contributed by atoms with E-state index in [9.17, 15) is 4.79 Å². The van der Waals surface area contributed by atoms with Crippen LogP contribution in [0.5, 0.6) is 0 Å². The van der Waals surface area contributed by atoms with Crippen molar-refractivity contribution in [1.29, 1.82) is 0 Å². The number of hydrogen-bond acceptors (Lipinski definition) is 1. The van der Waals surface area contributed by atoms with Gasteiger partial charge in [-0.15, -0.1) is 0 Å². The number of carboxylic acid groups (broad SMARTS) is 1. The van der Waals surface area contributed by atoms with Crippen molar-refractivity contribution in [3.63, 3.8) is 0 Å². The average molecular weight is 357 g/mol. The zero-order chi connectivity index (χ0) is 8.10. The molecule has 0 heterocycles. The third kappa shape index (κ3) is 4.28. The van der Waals surface area contributed by atoms with Crippen LogP contribution >= 0.6 is 0 Å². The van der Waals surface area contributed by atoms with Crippen molar-refractivity contribution in [3.05, 3.63) is 42.0 Å². The fourth-order valence-electron chi connectivity index (χ4n) is 0.732. The third-order valence-electron chi connectivity index (χ3n) is 1.22. The second-order valence-corrected chi connectivity index (χ2v) is 2.08. The van der Waals surface area contributed by atoms with Gasteiger partial charge in [-0.3, -0.25) is 0 Å². The Labute approximate surface area is 91.1 Å². The van der Waals surface area contributed by atoms with Crippen molar-refractivity contribution in [1.82, 2.24) is 0 Å². The van der Waals surface area contributed by atoms with E-state index in [1.807, 2.05) is 30.3 Å². The molecule has 0 unspecified atom stereocenters. The Morgan fingerprint density at radius 1 is 1.25 bits per heavy atom. The van der Waals surface area contributed by atoms with Crippen LogP contribution in [0, 0.1) is 0 Å². The SMILES string of the molecule is O=C(O)/C=C/c1ccccc1.[PbH2]. The maximum atomic E-state index is 10.1. The van der Waals surface area contributed by atoms with Crippen LogP contribution in [0.3, 0.4) is 0 Å². The van der Waals surface area contributed by atoms with Gasteiger partial charge in [0.15, 0.2) is 0 Å². The summed E-state index contributed by atoms with van der Waals surface area (Å²) in [6.45, 7) is 0. The fraction of sp³-hybridized carbons (Fsp3) is 0. The Morgan fingerprint density at radius 3 is 2.33 bits per heavy atom. The molecule has 0 amide bonds. The molecular formula is C9H10O2Pb. The summed E-state index contributed by atoms with van der Waals surface area (Å²) in [4.78, 5) is 10.1. The van der Waals surface area contributed by atoms with Gasteiger partial charge >= 0.3 is 33.3 Å². The predicted molar refractivity (Wildman–Crippen MR) is 51.7 cm³/mol. The molecule has 2 nitrogen and oxygen atoms in total. The van der Waals surface area contributed by atoms with E-state index in [0.717, 1.165) is 11.6 Å². The molecule has 1 aromatic carbocycles. The quantitative estimate of drug-likeness (QED) is 0.630. The Hall–Kier alpha value is -0.648. The molecule has 0 aliphatic heterocycles. The van der Waals surface area contributed by atoms with E-state index < -0.39 is 5.97 Å². The molecule has 0 bridgehead atoms. The van der Waals surface area contributed by atoms with Crippen molar-refractivity contribution < 1.29 is 9.90 Å². The Bertz CT molecular complexity index is 267. The van der Waals surface area contributed by atoms with Gasteiger partial charge in [0, 0.05) is 6.08 Å². The molecular weight excluding hydrogens is 347 g/mol. The number of carboxylic acids is 1. The van der Waals surface area contributed by atoms with Gasteiger partial charge in [-0.05, 0) is 11.6 Å². The van der Waals surface area contributed by atoms with Crippen LogP contribution in [-0.4, -0.2) is 38.4 Å². The third-order valence-corrected chi connectivity index (χ3v) is 1.22. The van der Waals surface area contributed by atoms with E-state index in [1.165, 1.54) is 0 Å². The molecule has 3 heteroatoms. The van der Waals surface area contributed by atoms with Crippen LogP contribution in [0.4, 0.5) is 0 Å². The molecule has 0 atom stereocenters. The van der Waals surface area contributed by atoms with Gasteiger partial charge in [0.2, 0.25) is 0 Å². The number of benzene rings is 1. The summed E-state index contributed by atoms with van der Waals surface area (Å²) in [5.74, 6) is -0.922. The molecule has 0 spiro atoms. The maximum absolute atomic E-state index is 10.1. The summed E-state index contributed by atoms with van der Waals surface area (Å²) in [6, 6.07) is 9.31. The van der Waals surface area contributed by atoms with Gasteiger partial charge < -0.3 is 5.11 Å². The molecule has 0 aliphatic rings. The van der Waals surface area contributed by atoms with Crippen LogP contribution in [0.25, 0.3) is 6.08 Å². The minimum atomic E-state index is -0.922. The van der Waals surface area contributed by atoms with E-state index >= 15 is 0 Å². The molecule has 1 aromatic rings. The number of aliphatic carboxylic acids is 1. The Balaban J connectivity index is 0.00000121. The van der Waals surface area contributed by atoms with E-state index in [2.05, 4.69) is 0 Å². The molecule has 1 rings (SSSR count). The number of carbonyl (C=O) groups is 1. The van der Waals surface area contributed by atoms with Crippen LogP contribution in [0.15, 0.2) is 36.4 Å². The molecule has 0 saturated heterocycles. The summed E-state index contributed by atoms with van der Waals surface area (Å²) in [5.41, 5.74) is 0.898. The second-order valence-electron chi connectivity index (χ2n) is 2.08. The molecule has 0 aliphatic carbocycles. The average Bonchev–Trinajstić information content (AvgIpc) is 2.03.